The predicted octanol–water partition coefficient (Wildman–Crippen LogP) is 1.00. The van der Waals surface area contributed by atoms with Gasteiger partial charge in [0.05, 0.1) is 11.5 Å². The fourth-order valence-electron chi connectivity index (χ4n) is 1.19. The largest absolute Gasteiger partial charge is 0.286 e. The van der Waals surface area contributed by atoms with Gasteiger partial charge in [0.1, 0.15) is 0 Å². The van der Waals surface area contributed by atoms with E-state index >= 15 is 0 Å². The minimum Gasteiger partial charge on any atom is -0.286 e. The van der Waals surface area contributed by atoms with Gasteiger partial charge in [0, 0.05) is 0 Å². The molecular formula is C8H19O6PS2. The van der Waals surface area contributed by atoms with Crippen LogP contribution >= 0.6 is 8.58 Å². The third-order valence-corrected chi connectivity index (χ3v) is 5.04. The molecule has 6 nitrogen and oxygen atoms in total. The molecule has 0 unspecified atom stereocenters. The van der Waals surface area contributed by atoms with Gasteiger partial charge >= 0.3 is 0 Å². The number of hydrogen-bond acceptors (Lipinski definition) is 4. The molecule has 0 aliphatic carbocycles. The van der Waals surface area contributed by atoms with E-state index in [1.54, 1.807) is 0 Å². The monoisotopic (exact) mass is 306 g/mol. The summed E-state index contributed by atoms with van der Waals surface area (Å²) >= 11 is 0. The zero-order valence-corrected chi connectivity index (χ0v) is 12.1. The van der Waals surface area contributed by atoms with Gasteiger partial charge in [-0.3, -0.25) is 9.11 Å². The van der Waals surface area contributed by atoms with Crippen LogP contribution in [0.4, 0.5) is 0 Å². The molecule has 17 heavy (non-hydrogen) atoms. The second-order valence-corrected chi connectivity index (χ2v) is 8.38. The Bertz CT molecular complexity index is 350. The average molecular weight is 306 g/mol. The minimum atomic E-state index is -3.83. The summed E-state index contributed by atoms with van der Waals surface area (Å²) in [5.41, 5.74) is 0. The topological polar surface area (TPSA) is 109 Å². The second-order valence-electron chi connectivity index (χ2n) is 3.74. The Balaban J connectivity index is 3.25. The van der Waals surface area contributed by atoms with Gasteiger partial charge in [-0.1, -0.05) is 0 Å². The lowest BCUT2D eigenvalue weighted by molar-refractivity contribution is 0.478. The first-order chi connectivity index (χ1) is 7.71. The summed E-state index contributed by atoms with van der Waals surface area (Å²) in [6.45, 7) is 0. The van der Waals surface area contributed by atoms with Gasteiger partial charge in [0.15, 0.2) is 0 Å². The van der Waals surface area contributed by atoms with E-state index in [2.05, 4.69) is 0 Å². The first-order valence-corrected chi connectivity index (χ1v) is 9.95. The molecule has 0 radical (unpaired) electrons. The number of hydrogen-bond donors (Lipinski definition) is 2. The molecule has 9 heteroatoms. The van der Waals surface area contributed by atoms with Crippen LogP contribution in [0.1, 0.15) is 25.7 Å². The van der Waals surface area contributed by atoms with E-state index in [0.29, 0.717) is 21.4 Å². The Hall–Kier alpha value is 0.250. The van der Waals surface area contributed by atoms with E-state index in [-0.39, 0.29) is 11.5 Å². The zero-order chi connectivity index (χ0) is 13.4. The van der Waals surface area contributed by atoms with Crippen molar-refractivity contribution >= 4 is 28.8 Å². The van der Waals surface area contributed by atoms with Gasteiger partial charge in [-0.15, -0.1) is 8.58 Å². The van der Waals surface area contributed by atoms with Crippen molar-refractivity contribution in [2.24, 2.45) is 0 Å². The van der Waals surface area contributed by atoms with Gasteiger partial charge in [0.2, 0.25) is 0 Å². The average Bonchev–Trinajstić information content (AvgIpc) is 2.11. The molecule has 0 aromatic carbocycles. The van der Waals surface area contributed by atoms with Crippen molar-refractivity contribution in [3.05, 3.63) is 0 Å². The first-order valence-electron chi connectivity index (χ1n) is 5.32. The molecule has 0 atom stereocenters. The van der Waals surface area contributed by atoms with E-state index in [1.807, 2.05) is 0 Å². The molecule has 2 N–H and O–H groups in total. The van der Waals surface area contributed by atoms with Crippen LogP contribution in [0.15, 0.2) is 0 Å². The minimum absolute atomic E-state index is 0.194. The Labute approximate surface area is 104 Å². The van der Waals surface area contributed by atoms with E-state index in [1.165, 1.54) is 0 Å². The molecule has 0 aromatic heterocycles. The smallest absolute Gasteiger partial charge is 0.264 e. The van der Waals surface area contributed by atoms with Crippen LogP contribution in [0.25, 0.3) is 0 Å². The molecular weight excluding hydrogens is 287 g/mol. The maximum atomic E-state index is 10.4. The molecule has 0 aromatic rings. The van der Waals surface area contributed by atoms with Crippen LogP contribution in [0.2, 0.25) is 0 Å². The predicted molar refractivity (Wildman–Crippen MR) is 69.3 cm³/mol. The SMILES string of the molecule is O=S(=O)(O)CCCCPCCCCS(=O)(=O)O. The van der Waals surface area contributed by atoms with Gasteiger partial charge in [-0.25, -0.2) is 0 Å². The fourth-order valence-corrected chi connectivity index (χ4v) is 3.58. The Morgan fingerprint density at radius 2 is 1.06 bits per heavy atom. The third-order valence-electron chi connectivity index (χ3n) is 2.01. The standard InChI is InChI=1S/C8H19O6PS2/c9-16(10,11)7-3-1-5-15-6-2-4-8-17(12,13)14/h15H,1-8H2,(H,9,10,11)(H,12,13,14). The summed E-state index contributed by atoms with van der Waals surface area (Å²) in [7, 11) is -7.00. The van der Waals surface area contributed by atoms with E-state index in [4.69, 9.17) is 9.11 Å². The summed E-state index contributed by atoms with van der Waals surface area (Å²) in [5.74, 6) is -0.388. The van der Waals surface area contributed by atoms with Crippen LogP contribution in [0.5, 0.6) is 0 Å². The van der Waals surface area contributed by atoms with Crippen LogP contribution in [-0.4, -0.2) is 49.8 Å². The van der Waals surface area contributed by atoms with Crippen LogP contribution in [-0.2, 0) is 20.2 Å². The molecule has 0 fully saturated rings. The highest BCUT2D eigenvalue weighted by molar-refractivity contribution is 7.86. The molecule has 0 aliphatic heterocycles. The molecule has 0 amide bonds. The van der Waals surface area contributed by atoms with Crippen molar-refractivity contribution in [2.45, 2.75) is 25.7 Å². The van der Waals surface area contributed by atoms with Crippen LogP contribution in [0, 0.1) is 0 Å². The normalized spacial score (nSPS) is 12.8. The second kappa shape index (κ2) is 8.37. The van der Waals surface area contributed by atoms with Crippen molar-refractivity contribution in [1.82, 2.24) is 0 Å². The van der Waals surface area contributed by atoms with Crippen molar-refractivity contribution in [2.75, 3.05) is 23.8 Å². The van der Waals surface area contributed by atoms with Gasteiger partial charge in [-0.2, -0.15) is 16.8 Å². The summed E-state index contributed by atoms with van der Waals surface area (Å²) in [6.07, 6.45) is 4.18. The summed E-state index contributed by atoms with van der Waals surface area (Å²) < 4.78 is 58.4. The maximum absolute atomic E-state index is 10.4. The van der Waals surface area contributed by atoms with Crippen molar-refractivity contribution in [3.63, 3.8) is 0 Å². The highest BCUT2D eigenvalue weighted by Crippen LogP contribution is 2.15. The molecule has 0 saturated carbocycles. The highest BCUT2D eigenvalue weighted by atomic mass is 32.2. The maximum Gasteiger partial charge on any atom is 0.264 e. The van der Waals surface area contributed by atoms with Crippen molar-refractivity contribution in [1.29, 1.82) is 0 Å². The van der Waals surface area contributed by atoms with Crippen LogP contribution < -0.4 is 0 Å². The Morgan fingerprint density at radius 3 is 1.35 bits per heavy atom. The Kier molecular flexibility index (Phi) is 8.49. The van der Waals surface area contributed by atoms with Crippen molar-refractivity contribution < 1.29 is 25.9 Å². The zero-order valence-electron chi connectivity index (χ0n) is 9.50. The van der Waals surface area contributed by atoms with E-state index in [0.717, 1.165) is 25.2 Å². The molecule has 0 bridgehead atoms. The Morgan fingerprint density at radius 1 is 0.706 bits per heavy atom. The van der Waals surface area contributed by atoms with Gasteiger partial charge in [0.25, 0.3) is 20.2 Å². The lowest BCUT2D eigenvalue weighted by atomic mass is 10.4. The number of unbranched alkanes of at least 4 members (excludes halogenated alkanes) is 2. The number of rotatable bonds is 10. The molecule has 0 saturated heterocycles. The third kappa shape index (κ3) is 16.2. The highest BCUT2D eigenvalue weighted by Gasteiger charge is 2.04. The van der Waals surface area contributed by atoms with Gasteiger partial charge < -0.3 is 0 Å². The first kappa shape index (κ1) is 17.2. The molecule has 0 spiro atoms. The van der Waals surface area contributed by atoms with E-state index < -0.39 is 20.2 Å². The summed E-state index contributed by atoms with van der Waals surface area (Å²) in [6, 6.07) is 0. The molecule has 104 valence electrons. The van der Waals surface area contributed by atoms with Gasteiger partial charge in [-0.05, 0) is 38.0 Å². The lowest BCUT2D eigenvalue weighted by Gasteiger charge is -2.01. The summed E-state index contributed by atoms with van der Waals surface area (Å²) in [5, 5.41) is 0. The van der Waals surface area contributed by atoms with Crippen molar-refractivity contribution in [3.8, 4) is 0 Å². The fraction of sp³-hybridized carbons (Fsp3) is 1.00. The lowest BCUT2D eigenvalue weighted by Crippen LogP contribution is -2.04. The quantitative estimate of drug-likeness (QED) is 0.354. The summed E-state index contributed by atoms with van der Waals surface area (Å²) in [4.78, 5) is 0. The van der Waals surface area contributed by atoms with Crippen LogP contribution in [0.3, 0.4) is 0 Å². The molecule has 0 aliphatic rings. The molecule has 0 rings (SSSR count). The molecule has 0 heterocycles. The van der Waals surface area contributed by atoms with E-state index in [9.17, 15) is 16.8 Å².